The van der Waals surface area contributed by atoms with Gasteiger partial charge in [0.2, 0.25) is 0 Å². The summed E-state index contributed by atoms with van der Waals surface area (Å²) < 4.78 is 5.13. The van der Waals surface area contributed by atoms with Crippen molar-refractivity contribution in [3.05, 3.63) is 23.8 Å². The van der Waals surface area contributed by atoms with E-state index in [1.165, 1.54) is 6.92 Å². The normalized spacial score (nSPS) is 14.4. The van der Waals surface area contributed by atoms with Crippen LogP contribution in [0.25, 0.3) is 0 Å². The van der Waals surface area contributed by atoms with Gasteiger partial charge in [-0.05, 0) is 25.5 Å². The lowest BCUT2D eigenvalue weighted by Gasteiger charge is -2.12. The Bertz CT molecular complexity index is 466. The van der Waals surface area contributed by atoms with Gasteiger partial charge < -0.3 is 10.1 Å². The Balaban J connectivity index is 2.19. The second-order valence-corrected chi connectivity index (χ2v) is 4.08. The van der Waals surface area contributed by atoms with Gasteiger partial charge in [-0.3, -0.25) is 9.79 Å². The van der Waals surface area contributed by atoms with E-state index in [0.29, 0.717) is 5.75 Å². The molecule has 90 valence electrons. The Hall–Kier alpha value is -1.84. The Morgan fingerprint density at radius 1 is 1.47 bits per heavy atom. The zero-order valence-electron chi connectivity index (χ0n) is 10.1. The Labute approximate surface area is 101 Å². The summed E-state index contributed by atoms with van der Waals surface area (Å²) in [6.45, 7) is 4.22. The van der Waals surface area contributed by atoms with Crippen LogP contribution < -0.4 is 10.1 Å². The highest BCUT2D eigenvalue weighted by Gasteiger charge is 2.10. The number of aliphatic imine (C=N–C) groups is 1. The number of ether oxygens (including phenoxy) is 1. The van der Waals surface area contributed by atoms with Crippen LogP contribution in [0.5, 0.6) is 5.75 Å². The first-order valence-corrected chi connectivity index (χ1v) is 5.75. The predicted octanol–water partition coefficient (Wildman–Crippen LogP) is 2.52. The summed E-state index contributed by atoms with van der Waals surface area (Å²) in [6.07, 6.45) is 2.09. The van der Waals surface area contributed by atoms with Crippen molar-refractivity contribution in [1.82, 2.24) is 0 Å². The van der Waals surface area contributed by atoms with E-state index in [-0.39, 0.29) is 5.97 Å². The Morgan fingerprint density at radius 3 is 2.94 bits per heavy atom. The van der Waals surface area contributed by atoms with Crippen molar-refractivity contribution in [3.63, 3.8) is 0 Å². The number of carbonyl (C=O) groups excluding carboxylic acids is 1. The largest absolute Gasteiger partial charge is 0.426 e. The smallest absolute Gasteiger partial charge is 0.308 e. The Morgan fingerprint density at radius 2 is 2.29 bits per heavy atom. The van der Waals surface area contributed by atoms with Crippen molar-refractivity contribution in [2.24, 2.45) is 4.99 Å². The molecule has 0 saturated carbocycles. The molecule has 0 aliphatic carbocycles. The van der Waals surface area contributed by atoms with E-state index in [1.54, 1.807) is 6.07 Å². The van der Waals surface area contributed by atoms with Crippen molar-refractivity contribution >= 4 is 17.5 Å². The first-order valence-electron chi connectivity index (χ1n) is 5.75. The van der Waals surface area contributed by atoms with Gasteiger partial charge in [0.05, 0.1) is 0 Å². The number of anilines is 1. The van der Waals surface area contributed by atoms with Crippen LogP contribution in [0.2, 0.25) is 0 Å². The molecule has 4 heteroatoms. The minimum absolute atomic E-state index is 0.302. The second-order valence-electron chi connectivity index (χ2n) is 4.08. The highest BCUT2D eigenvalue weighted by atomic mass is 16.5. The van der Waals surface area contributed by atoms with E-state index in [1.807, 2.05) is 19.1 Å². The molecule has 0 amide bonds. The van der Waals surface area contributed by atoms with Crippen LogP contribution in [0, 0.1) is 6.92 Å². The summed E-state index contributed by atoms with van der Waals surface area (Å²) >= 11 is 0. The third kappa shape index (κ3) is 2.84. The van der Waals surface area contributed by atoms with Crippen LogP contribution in [-0.2, 0) is 4.79 Å². The molecule has 1 aromatic rings. The molecule has 17 heavy (non-hydrogen) atoms. The molecule has 1 N–H and O–H groups in total. The van der Waals surface area contributed by atoms with Crippen LogP contribution in [0.1, 0.15) is 25.3 Å². The number of benzene rings is 1. The molecule has 4 nitrogen and oxygen atoms in total. The molecule has 0 radical (unpaired) electrons. The van der Waals surface area contributed by atoms with Gasteiger partial charge in [-0.2, -0.15) is 0 Å². The highest BCUT2D eigenvalue weighted by molar-refractivity contribution is 5.97. The molecule has 1 aromatic carbocycles. The number of amidine groups is 1. The molecule has 1 heterocycles. The molecule has 0 saturated heterocycles. The number of carbonyl (C=O) groups is 1. The monoisotopic (exact) mass is 232 g/mol. The molecule has 0 aromatic heterocycles. The number of esters is 1. The van der Waals surface area contributed by atoms with Crippen molar-refractivity contribution < 1.29 is 9.53 Å². The van der Waals surface area contributed by atoms with Gasteiger partial charge in [0.25, 0.3) is 0 Å². The lowest BCUT2D eigenvalue weighted by molar-refractivity contribution is -0.131. The maximum atomic E-state index is 11.0. The van der Waals surface area contributed by atoms with Crippen LogP contribution >= 0.6 is 0 Å². The van der Waals surface area contributed by atoms with Gasteiger partial charge in [0.15, 0.2) is 0 Å². The van der Waals surface area contributed by atoms with E-state index in [0.717, 1.165) is 36.5 Å². The van der Waals surface area contributed by atoms with E-state index in [4.69, 9.17) is 4.74 Å². The summed E-state index contributed by atoms with van der Waals surface area (Å²) in [6, 6.07) is 5.62. The van der Waals surface area contributed by atoms with Gasteiger partial charge in [0, 0.05) is 31.1 Å². The quantitative estimate of drug-likeness (QED) is 0.629. The lowest BCUT2D eigenvalue weighted by atomic mass is 10.1. The molecule has 0 unspecified atom stereocenters. The maximum absolute atomic E-state index is 11.0. The number of hydrogen-bond donors (Lipinski definition) is 1. The molecular weight excluding hydrogens is 216 g/mol. The van der Waals surface area contributed by atoms with E-state index in [2.05, 4.69) is 10.3 Å². The fourth-order valence-corrected chi connectivity index (χ4v) is 1.81. The summed E-state index contributed by atoms with van der Waals surface area (Å²) in [5.74, 6) is 1.30. The summed E-state index contributed by atoms with van der Waals surface area (Å²) in [5.41, 5.74) is 1.88. The zero-order chi connectivity index (χ0) is 12.3. The first-order chi connectivity index (χ1) is 8.16. The van der Waals surface area contributed by atoms with Gasteiger partial charge in [-0.1, -0.05) is 6.07 Å². The van der Waals surface area contributed by atoms with Crippen molar-refractivity contribution in [1.29, 1.82) is 0 Å². The van der Waals surface area contributed by atoms with E-state index < -0.39 is 0 Å². The number of hydrogen-bond acceptors (Lipinski definition) is 4. The van der Waals surface area contributed by atoms with Crippen LogP contribution in [0.4, 0.5) is 5.69 Å². The van der Waals surface area contributed by atoms with Crippen LogP contribution in [0.15, 0.2) is 23.2 Å². The standard InChI is InChI=1S/C13H16N2O2/c1-9-11(15-13-7-4-8-14-13)5-3-6-12(9)17-10(2)16/h3,5-6H,4,7-8H2,1-2H3,(H,14,15). The summed E-state index contributed by atoms with van der Waals surface area (Å²) in [7, 11) is 0. The molecule has 0 spiro atoms. The summed E-state index contributed by atoms with van der Waals surface area (Å²) in [5, 5.41) is 3.28. The van der Waals surface area contributed by atoms with Gasteiger partial charge in [0.1, 0.15) is 11.6 Å². The minimum atomic E-state index is -0.302. The SMILES string of the molecule is CC(=O)Oc1cccc(NC2=NCCC2)c1C. The van der Waals surface area contributed by atoms with Gasteiger partial charge in [-0.25, -0.2) is 0 Å². The van der Waals surface area contributed by atoms with E-state index in [9.17, 15) is 4.79 Å². The zero-order valence-corrected chi connectivity index (χ0v) is 10.1. The van der Waals surface area contributed by atoms with Crippen LogP contribution in [-0.4, -0.2) is 18.3 Å². The van der Waals surface area contributed by atoms with Gasteiger partial charge >= 0.3 is 5.97 Å². The highest BCUT2D eigenvalue weighted by Crippen LogP contribution is 2.26. The molecule has 1 aliphatic rings. The fourth-order valence-electron chi connectivity index (χ4n) is 1.81. The predicted molar refractivity (Wildman–Crippen MR) is 67.6 cm³/mol. The average Bonchev–Trinajstić information content (AvgIpc) is 2.76. The van der Waals surface area contributed by atoms with Crippen LogP contribution in [0.3, 0.4) is 0 Å². The number of nitrogens with one attached hydrogen (secondary N) is 1. The molecule has 2 rings (SSSR count). The van der Waals surface area contributed by atoms with Crippen molar-refractivity contribution in [2.45, 2.75) is 26.7 Å². The second kappa shape index (κ2) is 4.99. The van der Waals surface area contributed by atoms with Gasteiger partial charge in [-0.15, -0.1) is 0 Å². The van der Waals surface area contributed by atoms with Crippen molar-refractivity contribution in [3.8, 4) is 5.75 Å². The van der Waals surface area contributed by atoms with Crippen molar-refractivity contribution in [2.75, 3.05) is 11.9 Å². The molecule has 1 aliphatic heterocycles. The molecule has 0 bridgehead atoms. The maximum Gasteiger partial charge on any atom is 0.308 e. The number of rotatable bonds is 2. The topological polar surface area (TPSA) is 50.7 Å². The number of nitrogens with zero attached hydrogens (tertiary/aromatic N) is 1. The molecular formula is C13H16N2O2. The third-order valence-electron chi connectivity index (χ3n) is 2.69. The summed E-state index contributed by atoms with van der Waals surface area (Å²) in [4.78, 5) is 15.3. The lowest BCUT2D eigenvalue weighted by Crippen LogP contribution is -2.10. The Kier molecular flexibility index (Phi) is 3.42. The van der Waals surface area contributed by atoms with E-state index >= 15 is 0 Å². The third-order valence-corrected chi connectivity index (χ3v) is 2.69. The minimum Gasteiger partial charge on any atom is -0.426 e. The average molecular weight is 232 g/mol. The molecule has 0 atom stereocenters. The fraction of sp³-hybridized carbons (Fsp3) is 0.385. The molecule has 0 fully saturated rings. The first kappa shape index (κ1) is 11.6.